The fourth-order valence-electron chi connectivity index (χ4n) is 6.36. The van der Waals surface area contributed by atoms with E-state index in [0.29, 0.717) is 5.92 Å². The molecule has 0 aromatic heterocycles. The van der Waals surface area contributed by atoms with E-state index in [0.717, 1.165) is 28.4 Å². The predicted molar refractivity (Wildman–Crippen MR) is 209 cm³/mol. The molecule has 0 amide bonds. The van der Waals surface area contributed by atoms with Gasteiger partial charge in [-0.05, 0) is 124 Å². The fraction of sp³-hybridized carbons (Fsp3) is 0.0870. The summed E-state index contributed by atoms with van der Waals surface area (Å²) in [6.45, 7) is 4.27. The molecule has 0 spiro atoms. The highest BCUT2D eigenvalue weighted by Gasteiger charge is 2.14. The number of rotatable bonds is 9. The van der Waals surface area contributed by atoms with Crippen LogP contribution in [0.4, 0.5) is 28.4 Å². The Labute approximate surface area is 284 Å². The van der Waals surface area contributed by atoms with Crippen LogP contribution in [0.2, 0.25) is 0 Å². The Morgan fingerprint density at radius 1 is 0.458 bits per heavy atom. The second kappa shape index (κ2) is 13.9. The molecule has 1 atom stereocenters. The van der Waals surface area contributed by atoms with Crippen molar-refractivity contribution >= 4 is 56.1 Å². The van der Waals surface area contributed by atoms with E-state index < -0.39 is 0 Å². The number of fused-ring (bicyclic) bond motifs is 2. The Balaban J connectivity index is 1.20. The first-order chi connectivity index (χ1) is 23.6. The number of allylic oxidation sites excluding steroid dienone is 3. The molecule has 0 fully saturated rings. The highest BCUT2D eigenvalue weighted by Crippen LogP contribution is 2.38. The van der Waals surface area contributed by atoms with Gasteiger partial charge in [-0.25, -0.2) is 0 Å². The molecule has 7 aromatic carbocycles. The van der Waals surface area contributed by atoms with Gasteiger partial charge in [-0.1, -0.05) is 116 Å². The number of anilines is 5. The maximum absolute atomic E-state index is 2.33. The summed E-state index contributed by atoms with van der Waals surface area (Å²) in [5, 5.41) is 5.03. The van der Waals surface area contributed by atoms with Gasteiger partial charge in [0.2, 0.25) is 0 Å². The second-order valence-corrected chi connectivity index (χ2v) is 12.4. The lowest BCUT2D eigenvalue weighted by molar-refractivity contribution is 0.943. The van der Waals surface area contributed by atoms with Crippen LogP contribution in [0.1, 0.15) is 19.4 Å². The molecule has 0 aliphatic rings. The van der Waals surface area contributed by atoms with Crippen LogP contribution < -0.4 is 9.80 Å². The molecule has 2 heteroatoms. The van der Waals surface area contributed by atoms with Crippen molar-refractivity contribution in [2.75, 3.05) is 16.8 Å². The van der Waals surface area contributed by atoms with E-state index >= 15 is 0 Å². The summed E-state index contributed by atoms with van der Waals surface area (Å²) in [5.74, 6) is 0.403. The molecule has 0 saturated heterocycles. The Bertz CT molecular complexity index is 2190. The lowest BCUT2D eigenvalue weighted by Crippen LogP contribution is -2.12. The molecular weight excluding hydrogens is 581 g/mol. The molecule has 7 rings (SSSR count). The van der Waals surface area contributed by atoms with Crippen LogP contribution in [0.15, 0.2) is 176 Å². The minimum Gasteiger partial charge on any atom is -0.345 e. The maximum Gasteiger partial charge on any atom is 0.0463 e. The molecule has 0 heterocycles. The largest absolute Gasteiger partial charge is 0.345 e. The van der Waals surface area contributed by atoms with Gasteiger partial charge in [-0.3, -0.25) is 0 Å². The van der Waals surface area contributed by atoms with Crippen LogP contribution in [0.3, 0.4) is 0 Å². The van der Waals surface area contributed by atoms with Gasteiger partial charge < -0.3 is 9.80 Å². The second-order valence-electron chi connectivity index (χ2n) is 12.4. The van der Waals surface area contributed by atoms with E-state index in [4.69, 9.17) is 0 Å². The van der Waals surface area contributed by atoms with Gasteiger partial charge in [-0.2, -0.15) is 0 Å². The van der Waals surface area contributed by atoms with Crippen LogP contribution in [-0.4, -0.2) is 7.05 Å². The van der Waals surface area contributed by atoms with Gasteiger partial charge in [-0.15, -0.1) is 0 Å². The normalized spacial score (nSPS) is 12.2. The van der Waals surface area contributed by atoms with Crippen LogP contribution in [0, 0.1) is 5.92 Å². The average Bonchev–Trinajstić information content (AvgIpc) is 3.14. The van der Waals surface area contributed by atoms with Crippen molar-refractivity contribution in [2.45, 2.75) is 13.8 Å². The molecule has 0 saturated carbocycles. The SMILES string of the molecule is C/C=C\C(C)/C=C/c1ccc(N(c2ccc(-c3ccccc3)cc2)c2ccc(N(C)c3ccc4cc5ccccc5cc4c3)cc2)cc1. The molecule has 2 nitrogen and oxygen atoms in total. The minimum atomic E-state index is 0.403. The highest BCUT2D eigenvalue weighted by molar-refractivity contribution is 5.99. The first-order valence-corrected chi connectivity index (χ1v) is 16.7. The summed E-state index contributed by atoms with van der Waals surface area (Å²) >= 11 is 0. The zero-order valence-corrected chi connectivity index (χ0v) is 27.8. The third kappa shape index (κ3) is 6.65. The van der Waals surface area contributed by atoms with Crippen LogP contribution in [0.25, 0.3) is 38.7 Å². The van der Waals surface area contributed by atoms with E-state index in [-0.39, 0.29) is 0 Å². The Morgan fingerprint density at radius 2 is 0.958 bits per heavy atom. The smallest absolute Gasteiger partial charge is 0.0463 e. The van der Waals surface area contributed by atoms with E-state index in [1.165, 1.54) is 38.2 Å². The zero-order valence-electron chi connectivity index (χ0n) is 27.8. The van der Waals surface area contributed by atoms with Crippen molar-refractivity contribution < 1.29 is 0 Å². The number of hydrogen-bond donors (Lipinski definition) is 0. The molecule has 234 valence electrons. The average molecular weight is 621 g/mol. The summed E-state index contributed by atoms with van der Waals surface area (Å²) in [7, 11) is 2.14. The van der Waals surface area contributed by atoms with Crippen LogP contribution >= 0.6 is 0 Å². The first kappa shape index (κ1) is 30.8. The summed E-state index contributed by atoms with van der Waals surface area (Å²) in [4.78, 5) is 4.59. The van der Waals surface area contributed by atoms with E-state index in [2.05, 4.69) is 213 Å². The minimum absolute atomic E-state index is 0.403. The van der Waals surface area contributed by atoms with Gasteiger partial charge in [0.1, 0.15) is 0 Å². The first-order valence-electron chi connectivity index (χ1n) is 16.7. The number of nitrogens with zero attached hydrogens (tertiary/aromatic N) is 2. The molecule has 48 heavy (non-hydrogen) atoms. The van der Waals surface area contributed by atoms with Gasteiger partial charge in [0, 0.05) is 35.5 Å². The van der Waals surface area contributed by atoms with Crippen molar-refractivity contribution in [3.63, 3.8) is 0 Å². The van der Waals surface area contributed by atoms with Crippen molar-refractivity contribution in [1.82, 2.24) is 0 Å². The van der Waals surface area contributed by atoms with Gasteiger partial charge in [0.15, 0.2) is 0 Å². The summed E-state index contributed by atoms with van der Waals surface area (Å²) in [6, 6.07) is 56.9. The van der Waals surface area contributed by atoms with Crippen molar-refractivity contribution in [1.29, 1.82) is 0 Å². The maximum atomic E-state index is 2.33. The predicted octanol–water partition coefficient (Wildman–Crippen LogP) is 13.1. The molecule has 0 radical (unpaired) electrons. The van der Waals surface area contributed by atoms with Gasteiger partial charge >= 0.3 is 0 Å². The molecule has 0 aliphatic carbocycles. The Kier molecular flexibility index (Phi) is 8.89. The Morgan fingerprint density at radius 3 is 1.60 bits per heavy atom. The summed E-state index contributed by atoms with van der Waals surface area (Å²) < 4.78 is 0. The van der Waals surface area contributed by atoms with E-state index in [1.54, 1.807) is 0 Å². The lowest BCUT2D eigenvalue weighted by Gasteiger charge is -2.27. The number of hydrogen-bond acceptors (Lipinski definition) is 2. The standard InChI is InChI=1S/C46H40N2/c1-4-10-34(2)15-16-35-17-22-43(23-18-35)48(44-24-19-37(20-25-44)36-11-6-5-7-12-36)45-29-27-42(28-30-45)47(3)46-26-21-40-31-38-13-8-9-14-39(38)32-41(40)33-46/h4-34H,1-3H3/b10-4-,16-15+. The molecular formula is C46H40N2. The monoisotopic (exact) mass is 620 g/mol. The van der Waals surface area contributed by atoms with Crippen molar-refractivity contribution in [3.8, 4) is 11.1 Å². The van der Waals surface area contributed by atoms with Crippen LogP contribution in [0.5, 0.6) is 0 Å². The van der Waals surface area contributed by atoms with Crippen molar-refractivity contribution in [3.05, 3.63) is 182 Å². The molecule has 7 aromatic rings. The third-order valence-electron chi connectivity index (χ3n) is 9.04. The molecule has 0 bridgehead atoms. The topological polar surface area (TPSA) is 6.48 Å². The zero-order chi connectivity index (χ0) is 32.9. The third-order valence-corrected chi connectivity index (χ3v) is 9.04. The molecule has 1 unspecified atom stereocenters. The lowest BCUT2D eigenvalue weighted by atomic mass is 10.0. The Hall–Kier alpha value is -5.86. The van der Waals surface area contributed by atoms with E-state index in [1.807, 2.05) is 0 Å². The highest BCUT2D eigenvalue weighted by atomic mass is 15.1. The fourth-order valence-corrected chi connectivity index (χ4v) is 6.36. The van der Waals surface area contributed by atoms with Crippen LogP contribution in [-0.2, 0) is 0 Å². The summed E-state index contributed by atoms with van der Waals surface area (Å²) in [5.41, 5.74) is 9.24. The van der Waals surface area contributed by atoms with Gasteiger partial charge in [0.25, 0.3) is 0 Å². The van der Waals surface area contributed by atoms with E-state index in [9.17, 15) is 0 Å². The number of benzene rings is 7. The summed E-state index contributed by atoms with van der Waals surface area (Å²) in [6.07, 6.45) is 8.75. The molecule has 0 aliphatic heterocycles. The van der Waals surface area contributed by atoms with Gasteiger partial charge in [0.05, 0.1) is 0 Å². The van der Waals surface area contributed by atoms with Crippen molar-refractivity contribution in [2.24, 2.45) is 5.92 Å². The molecule has 0 N–H and O–H groups in total. The quantitative estimate of drug-likeness (QED) is 0.117.